The smallest absolute Gasteiger partial charge is 0.126 e. The lowest BCUT2D eigenvalue weighted by molar-refractivity contribution is 0.136. The van der Waals surface area contributed by atoms with Gasteiger partial charge in [-0.05, 0) is 54.7 Å². The Hall–Kier alpha value is -2.02. The minimum absolute atomic E-state index is 0.166. The number of aliphatic hydroxyl groups is 1. The molecule has 4 nitrogen and oxygen atoms in total. The number of ether oxygens (including phenoxy) is 1. The zero-order chi connectivity index (χ0) is 18.7. The highest BCUT2D eigenvalue weighted by molar-refractivity contribution is 5.36. The van der Waals surface area contributed by atoms with Gasteiger partial charge in [0.05, 0.1) is 13.2 Å². The topological polar surface area (TPSA) is 67.5 Å². The molecule has 0 heterocycles. The maximum Gasteiger partial charge on any atom is 0.126 e. The average Bonchev–Trinajstić information content (AvgIpc) is 3.40. The number of hydrogen-bond acceptors (Lipinski definition) is 4. The summed E-state index contributed by atoms with van der Waals surface area (Å²) in [6.45, 7) is 0.302. The van der Waals surface area contributed by atoms with E-state index in [1.165, 1.54) is 12.1 Å². The molecule has 3 rings (SSSR count). The van der Waals surface area contributed by atoms with Crippen LogP contribution >= 0.6 is 0 Å². The molecule has 0 saturated heterocycles. The van der Waals surface area contributed by atoms with Crippen molar-refractivity contribution >= 4 is 0 Å². The molecule has 6 heteroatoms. The van der Waals surface area contributed by atoms with Gasteiger partial charge in [-0.3, -0.25) is 0 Å². The fourth-order valence-electron chi connectivity index (χ4n) is 3.20. The molecule has 0 bridgehead atoms. The summed E-state index contributed by atoms with van der Waals surface area (Å²) in [5.41, 5.74) is 7.41. The molecular formula is C20H24F2N2O2. The van der Waals surface area contributed by atoms with Crippen LogP contribution in [-0.4, -0.2) is 30.9 Å². The van der Waals surface area contributed by atoms with Crippen molar-refractivity contribution in [1.82, 2.24) is 5.32 Å². The van der Waals surface area contributed by atoms with E-state index in [1.54, 1.807) is 7.11 Å². The van der Waals surface area contributed by atoms with Crippen LogP contribution in [0, 0.1) is 11.6 Å². The number of rotatable bonds is 8. The Balaban J connectivity index is 1.58. The van der Waals surface area contributed by atoms with Crippen molar-refractivity contribution in [3.05, 3.63) is 65.2 Å². The van der Waals surface area contributed by atoms with E-state index in [4.69, 9.17) is 10.5 Å². The summed E-state index contributed by atoms with van der Waals surface area (Å²) in [6, 6.07) is 10.5. The van der Waals surface area contributed by atoms with Gasteiger partial charge in [0, 0.05) is 24.2 Å². The largest absolute Gasteiger partial charge is 0.497 e. The van der Waals surface area contributed by atoms with Gasteiger partial charge in [0.1, 0.15) is 17.4 Å². The zero-order valence-corrected chi connectivity index (χ0v) is 14.7. The number of halogens is 2. The van der Waals surface area contributed by atoms with Gasteiger partial charge < -0.3 is 20.9 Å². The first kappa shape index (κ1) is 18.8. The molecule has 26 heavy (non-hydrogen) atoms. The summed E-state index contributed by atoms with van der Waals surface area (Å²) >= 11 is 0. The molecule has 2 aromatic carbocycles. The van der Waals surface area contributed by atoms with Crippen LogP contribution in [-0.2, 0) is 12.0 Å². The molecule has 1 saturated carbocycles. The highest BCUT2D eigenvalue weighted by Crippen LogP contribution is 2.46. The van der Waals surface area contributed by atoms with Crippen molar-refractivity contribution in [3.63, 3.8) is 0 Å². The molecule has 1 aliphatic carbocycles. The summed E-state index contributed by atoms with van der Waals surface area (Å²) < 4.78 is 31.8. The van der Waals surface area contributed by atoms with Crippen molar-refractivity contribution in [2.75, 3.05) is 13.7 Å². The lowest BCUT2D eigenvalue weighted by Crippen LogP contribution is -2.45. The average molecular weight is 362 g/mol. The van der Waals surface area contributed by atoms with E-state index in [2.05, 4.69) is 5.32 Å². The molecule has 1 aliphatic rings. The summed E-state index contributed by atoms with van der Waals surface area (Å²) in [6.07, 6.45) is 1.31. The van der Waals surface area contributed by atoms with E-state index in [1.807, 2.05) is 24.3 Å². The minimum atomic E-state index is -0.829. The van der Waals surface area contributed by atoms with Crippen molar-refractivity contribution in [1.29, 1.82) is 0 Å². The van der Waals surface area contributed by atoms with Crippen molar-refractivity contribution < 1.29 is 18.6 Å². The van der Waals surface area contributed by atoms with Crippen LogP contribution in [0.2, 0.25) is 0 Å². The van der Waals surface area contributed by atoms with Gasteiger partial charge >= 0.3 is 0 Å². The van der Waals surface area contributed by atoms with Gasteiger partial charge in [-0.2, -0.15) is 0 Å². The Morgan fingerprint density at radius 3 is 2.50 bits per heavy atom. The van der Waals surface area contributed by atoms with Crippen molar-refractivity contribution in [2.45, 2.75) is 36.9 Å². The summed E-state index contributed by atoms with van der Waals surface area (Å²) in [5.74, 6) is -0.495. The SMILES string of the molecule is COc1cccc(C2(NC[C@@H](O)[C@@H](N)Cc3cc(F)cc(F)c3)CC2)c1. The molecule has 0 radical (unpaired) electrons. The molecular weight excluding hydrogens is 338 g/mol. The Kier molecular flexibility index (Phi) is 5.55. The first-order valence-electron chi connectivity index (χ1n) is 8.70. The molecule has 2 atom stereocenters. The van der Waals surface area contributed by atoms with Crippen LogP contribution in [0.5, 0.6) is 5.75 Å². The molecule has 0 aromatic heterocycles. The monoisotopic (exact) mass is 362 g/mol. The maximum absolute atomic E-state index is 13.3. The second-order valence-electron chi connectivity index (χ2n) is 6.91. The molecule has 140 valence electrons. The molecule has 2 aromatic rings. The third kappa shape index (κ3) is 4.38. The molecule has 0 unspecified atom stereocenters. The first-order valence-corrected chi connectivity index (χ1v) is 8.70. The number of benzene rings is 2. The zero-order valence-electron chi connectivity index (χ0n) is 14.7. The standard InChI is InChI=1S/C20H24F2N2O2/c1-26-17-4-2-3-14(10-17)20(5-6-20)24-12-19(25)18(23)9-13-7-15(21)11-16(22)8-13/h2-4,7-8,10-11,18-19,24-25H,5-6,9,12,23H2,1H3/t18-,19+/m0/s1. The molecule has 0 aliphatic heterocycles. The predicted molar refractivity (Wildman–Crippen MR) is 96.0 cm³/mol. The first-order chi connectivity index (χ1) is 12.4. The number of aliphatic hydroxyl groups excluding tert-OH is 1. The van der Waals surface area contributed by atoms with Crippen LogP contribution < -0.4 is 15.8 Å². The van der Waals surface area contributed by atoms with E-state index in [9.17, 15) is 13.9 Å². The van der Waals surface area contributed by atoms with Crippen molar-refractivity contribution in [3.8, 4) is 5.75 Å². The van der Waals surface area contributed by atoms with Gasteiger partial charge in [-0.1, -0.05) is 12.1 Å². The fourth-order valence-corrected chi connectivity index (χ4v) is 3.20. The van der Waals surface area contributed by atoms with Gasteiger partial charge in [-0.25, -0.2) is 8.78 Å². The van der Waals surface area contributed by atoms with Crippen LogP contribution in [0.1, 0.15) is 24.0 Å². The number of hydrogen-bond donors (Lipinski definition) is 3. The Labute approximate surface area is 152 Å². The number of methoxy groups -OCH3 is 1. The Morgan fingerprint density at radius 1 is 1.19 bits per heavy atom. The summed E-state index contributed by atoms with van der Waals surface area (Å²) in [5, 5.41) is 13.7. The van der Waals surface area contributed by atoms with E-state index < -0.39 is 23.8 Å². The second-order valence-corrected chi connectivity index (χ2v) is 6.91. The third-order valence-electron chi connectivity index (χ3n) is 4.91. The second kappa shape index (κ2) is 7.70. The maximum atomic E-state index is 13.3. The van der Waals surface area contributed by atoms with E-state index in [0.29, 0.717) is 12.1 Å². The molecule has 4 N–H and O–H groups in total. The van der Waals surface area contributed by atoms with Gasteiger partial charge in [0.2, 0.25) is 0 Å². The van der Waals surface area contributed by atoms with E-state index in [0.717, 1.165) is 30.2 Å². The highest BCUT2D eigenvalue weighted by Gasteiger charge is 2.44. The van der Waals surface area contributed by atoms with Gasteiger partial charge in [0.25, 0.3) is 0 Å². The Bertz CT molecular complexity index is 745. The van der Waals surface area contributed by atoms with Gasteiger partial charge in [0.15, 0.2) is 0 Å². The van der Waals surface area contributed by atoms with Crippen LogP contribution in [0.15, 0.2) is 42.5 Å². The summed E-state index contributed by atoms with van der Waals surface area (Å²) in [4.78, 5) is 0. The molecule has 0 spiro atoms. The molecule has 0 amide bonds. The van der Waals surface area contributed by atoms with Gasteiger partial charge in [-0.15, -0.1) is 0 Å². The van der Waals surface area contributed by atoms with Crippen molar-refractivity contribution in [2.24, 2.45) is 5.73 Å². The fraction of sp³-hybridized carbons (Fsp3) is 0.400. The number of nitrogens with two attached hydrogens (primary N) is 1. The van der Waals surface area contributed by atoms with Crippen LogP contribution in [0.25, 0.3) is 0 Å². The van der Waals surface area contributed by atoms with E-state index >= 15 is 0 Å². The van der Waals surface area contributed by atoms with Crippen LogP contribution in [0.3, 0.4) is 0 Å². The third-order valence-corrected chi connectivity index (χ3v) is 4.91. The normalized spacial score (nSPS) is 17.6. The molecule has 1 fully saturated rings. The lowest BCUT2D eigenvalue weighted by atomic mass is 10.00. The summed E-state index contributed by atoms with van der Waals surface area (Å²) in [7, 11) is 1.63. The van der Waals surface area contributed by atoms with Crippen LogP contribution in [0.4, 0.5) is 8.78 Å². The quantitative estimate of drug-likeness (QED) is 0.675. The predicted octanol–water partition coefficient (Wildman–Crippen LogP) is 2.48. The highest BCUT2D eigenvalue weighted by atomic mass is 19.1. The lowest BCUT2D eigenvalue weighted by Gasteiger charge is -2.24. The van der Waals surface area contributed by atoms with E-state index in [-0.39, 0.29) is 12.0 Å². The minimum Gasteiger partial charge on any atom is -0.497 e. The number of nitrogens with one attached hydrogen (secondary N) is 1. The Morgan fingerprint density at radius 2 is 1.88 bits per heavy atom.